The molecule has 0 fully saturated rings. The molecule has 7 heteroatoms. The third kappa shape index (κ3) is 5.09. The molecule has 116 valence electrons. The highest BCUT2D eigenvalue weighted by atomic mass is 32.1. The normalized spacial score (nSPS) is 11.4. The molecule has 21 heavy (non-hydrogen) atoms. The quantitative estimate of drug-likeness (QED) is 0.764. The highest BCUT2D eigenvalue weighted by Gasteiger charge is 2.08. The average Bonchev–Trinajstić information content (AvgIpc) is 3.10. The van der Waals surface area contributed by atoms with Crippen LogP contribution in [0.4, 0.5) is 5.13 Å². The second kappa shape index (κ2) is 8.09. The van der Waals surface area contributed by atoms with Gasteiger partial charge in [-0.2, -0.15) is 4.98 Å². The van der Waals surface area contributed by atoms with Gasteiger partial charge in [-0.25, -0.2) is 4.98 Å². The number of aryl methyl sites for hydroxylation is 2. The lowest BCUT2D eigenvalue weighted by atomic mass is 10.2. The van der Waals surface area contributed by atoms with Crippen molar-refractivity contribution in [3.05, 3.63) is 22.8 Å². The van der Waals surface area contributed by atoms with E-state index in [1.165, 1.54) is 11.3 Å². The van der Waals surface area contributed by atoms with Crippen molar-refractivity contribution in [3.63, 3.8) is 0 Å². The summed E-state index contributed by atoms with van der Waals surface area (Å²) in [4.78, 5) is 11.0. The molecule has 2 N–H and O–H groups in total. The SMILES string of the molecule is CCN(CC)CCc1noc(CCCc2csc(N)n2)n1. The van der Waals surface area contributed by atoms with Crippen LogP contribution in [-0.4, -0.2) is 39.7 Å². The largest absolute Gasteiger partial charge is 0.375 e. The number of rotatable bonds is 9. The molecule has 0 aromatic carbocycles. The third-order valence-corrected chi connectivity index (χ3v) is 4.17. The zero-order chi connectivity index (χ0) is 15.1. The number of nitrogens with two attached hydrogens (primary N) is 1. The van der Waals surface area contributed by atoms with Crippen molar-refractivity contribution in [2.24, 2.45) is 0 Å². The van der Waals surface area contributed by atoms with Crippen LogP contribution in [-0.2, 0) is 19.3 Å². The molecular weight excluding hydrogens is 286 g/mol. The van der Waals surface area contributed by atoms with Gasteiger partial charge in [0.2, 0.25) is 5.89 Å². The minimum atomic E-state index is 0.626. The standard InChI is InChI=1S/C14H23N5OS/c1-3-19(4-2)9-8-12-17-13(20-18-12)7-5-6-11-10-21-14(15)16-11/h10H,3-9H2,1-2H3,(H2,15,16). The predicted molar refractivity (Wildman–Crippen MR) is 84.3 cm³/mol. The van der Waals surface area contributed by atoms with Gasteiger partial charge in [-0.1, -0.05) is 19.0 Å². The molecule has 0 radical (unpaired) electrons. The van der Waals surface area contributed by atoms with E-state index >= 15 is 0 Å². The minimum absolute atomic E-state index is 0.626. The van der Waals surface area contributed by atoms with E-state index in [0.29, 0.717) is 11.0 Å². The molecule has 0 aliphatic rings. The zero-order valence-electron chi connectivity index (χ0n) is 12.7. The van der Waals surface area contributed by atoms with Crippen molar-refractivity contribution < 1.29 is 4.52 Å². The minimum Gasteiger partial charge on any atom is -0.375 e. The van der Waals surface area contributed by atoms with E-state index in [-0.39, 0.29) is 0 Å². The van der Waals surface area contributed by atoms with Gasteiger partial charge >= 0.3 is 0 Å². The Kier molecular flexibility index (Phi) is 6.13. The van der Waals surface area contributed by atoms with Crippen LogP contribution < -0.4 is 5.73 Å². The lowest BCUT2D eigenvalue weighted by Crippen LogP contribution is -2.25. The van der Waals surface area contributed by atoms with E-state index in [1.807, 2.05) is 5.38 Å². The first-order chi connectivity index (χ1) is 10.2. The van der Waals surface area contributed by atoms with Crippen LogP contribution in [0.2, 0.25) is 0 Å². The molecule has 0 saturated carbocycles. The Morgan fingerprint density at radius 2 is 2.00 bits per heavy atom. The maximum absolute atomic E-state index is 5.61. The lowest BCUT2D eigenvalue weighted by molar-refractivity contribution is 0.302. The fraction of sp³-hybridized carbons (Fsp3) is 0.643. The molecule has 6 nitrogen and oxygen atoms in total. The van der Waals surface area contributed by atoms with Crippen molar-refractivity contribution in [1.29, 1.82) is 0 Å². The summed E-state index contributed by atoms with van der Waals surface area (Å²) in [5.74, 6) is 1.52. The van der Waals surface area contributed by atoms with Crippen LogP contribution in [0.1, 0.15) is 37.7 Å². The number of thiazole rings is 1. The fourth-order valence-electron chi connectivity index (χ4n) is 2.15. The van der Waals surface area contributed by atoms with Crippen LogP contribution in [0, 0.1) is 0 Å². The van der Waals surface area contributed by atoms with Crippen molar-refractivity contribution in [2.45, 2.75) is 39.5 Å². The van der Waals surface area contributed by atoms with Gasteiger partial charge in [0.05, 0.1) is 5.69 Å². The summed E-state index contributed by atoms with van der Waals surface area (Å²) in [5, 5.41) is 6.67. The molecule has 2 rings (SSSR count). The fourth-order valence-corrected chi connectivity index (χ4v) is 2.75. The Bertz CT molecular complexity index is 535. The molecule has 0 unspecified atom stereocenters. The van der Waals surface area contributed by atoms with Gasteiger partial charge in [0.15, 0.2) is 11.0 Å². The Morgan fingerprint density at radius 1 is 1.19 bits per heavy atom. The monoisotopic (exact) mass is 309 g/mol. The topological polar surface area (TPSA) is 81.1 Å². The summed E-state index contributed by atoms with van der Waals surface area (Å²) in [5.41, 5.74) is 6.65. The molecule has 2 heterocycles. The number of aromatic nitrogens is 3. The molecule has 0 saturated heterocycles. The molecular formula is C14H23N5OS. The first-order valence-electron chi connectivity index (χ1n) is 7.45. The third-order valence-electron chi connectivity index (χ3n) is 3.45. The van der Waals surface area contributed by atoms with Crippen molar-refractivity contribution in [2.75, 3.05) is 25.4 Å². The molecule has 0 atom stereocenters. The van der Waals surface area contributed by atoms with Gasteiger partial charge in [-0.05, 0) is 25.9 Å². The van der Waals surface area contributed by atoms with Crippen LogP contribution in [0.3, 0.4) is 0 Å². The van der Waals surface area contributed by atoms with E-state index in [4.69, 9.17) is 10.3 Å². The van der Waals surface area contributed by atoms with E-state index in [9.17, 15) is 0 Å². The van der Waals surface area contributed by atoms with E-state index < -0.39 is 0 Å². The molecule has 0 aliphatic heterocycles. The van der Waals surface area contributed by atoms with Crippen LogP contribution in [0.25, 0.3) is 0 Å². The zero-order valence-corrected chi connectivity index (χ0v) is 13.5. The number of nitrogen functional groups attached to an aromatic ring is 1. The van der Waals surface area contributed by atoms with Gasteiger partial charge in [0.1, 0.15) is 0 Å². The van der Waals surface area contributed by atoms with Crippen molar-refractivity contribution in [3.8, 4) is 0 Å². The molecule has 2 aromatic rings. The Labute approximate surface area is 129 Å². The summed E-state index contributed by atoms with van der Waals surface area (Å²) in [6, 6.07) is 0. The van der Waals surface area contributed by atoms with Gasteiger partial charge in [0.25, 0.3) is 0 Å². The Morgan fingerprint density at radius 3 is 2.67 bits per heavy atom. The second-order valence-electron chi connectivity index (χ2n) is 4.91. The molecule has 0 bridgehead atoms. The first kappa shape index (κ1) is 15.9. The van der Waals surface area contributed by atoms with E-state index in [2.05, 4.69) is 33.9 Å². The summed E-state index contributed by atoms with van der Waals surface area (Å²) in [7, 11) is 0. The van der Waals surface area contributed by atoms with E-state index in [0.717, 1.165) is 56.8 Å². The van der Waals surface area contributed by atoms with E-state index in [1.54, 1.807) is 0 Å². The predicted octanol–water partition coefficient (Wildman–Crippen LogP) is 2.17. The summed E-state index contributed by atoms with van der Waals surface area (Å²) >= 11 is 1.48. The summed E-state index contributed by atoms with van der Waals surface area (Å²) in [6.07, 6.45) is 3.47. The lowest BCUT2D eigenvalue weighted by Gasteiger charge is -2.16. The van der Waals surface area contributed by atoms with Crippen LogP contribution in [0.15, 0.2) is 9.90 Å². The molecule has 0 spiro atoms. The van der Waals surface area contributed by atoms with Crippen LogP contribution >= 0.6 is 11.3 Å². The average molecular weight is 309 g/mol. The Balaban J connectivity index is 1.72. The summed E-state index contributed by atoms with van der Waals surface area (Å²) < 4.78 is 5.29. The second-order valence-corrected chi connectivity index (χ2v) is 5.80. The number of likely N-dealkylation sites (N-methyl/N-ethyl adjacent to an activating group) is 1. The number of anilines is 1. The number of hydrogen-bond acceptors (Lipinski definition) is 7. The Hall–Kier alpha value is -1.47. The summed E-state index contributed by atoms with van der Waals surface area (Å²) in [6.45, 7) is 7.41. The number of nitrogens with zero attached hydrogens (tertiary/aromatic N) is 4. The number of hydrogen-bond donors (Lipinski definition) is 1. The highest BCUT2D eigenvalue weighted by Crippen LogP contribution is 2.13. The van der Waals surface area contributed by atoms with Crippen molar-refractivity contribution in [1.82, 2.24) is 20.0 Å². The molecule has 0 amide bonds. The maximum Gasteiger partial charge on any atom is 0.226 e. The van der Waals surface area contributed by atoms with Crippen molar-refractivity contribution >= 4 is 16.5 Å². The van der Waals surface area contributed by atoms with Gasteiger partial charge in [-0.3, -0.25) is 0 Å². The maximum atomic E-state index is 5.61. The molecule has 0 aliphatic carbocycles. The van der Waals surface area contributed by atoms with Gasteiger partial charge in [-0.15, -0.1) is 11.3 Å². The highest BCUT2D eigenvalue weighted by molar-refractivity contribution is 7.13. The first-order valence-corrected chi connectivity index (χ1v) is 8.33. The van der Waals surface area contributed by atoms with Gasteiger partial charge < -0.3 is 15.2 Å². The van der Waals surface area contributed by atoms with Gasteiger partial charge in [0, 0.05) is 24.8 Å². The molecule has 2 aromatic heterocycles. The smallest absolute Gasteiger partial charge is 0.226 e. The van der Waals surface area contributed by atoms with Crippen LogP contribution in [0.5, 0.6) is 0 Å².